The Morgan fingerprint density at radius 3 is 2.67 bits per heavy atom. The molecule has 0 atom stereocenters. The third-order valence-corrected chi connectivity index (χ3v) is 2.97. The number of rotatable bonds is 3. The Labute approximate surface area is 107 Å². The standard InChI is InChI=1S/C16H16O2/c1-3-15(17)13-6-4-5-12(10-13)14-9-11(2)7-8-16(14)18/h4-10,18H,3H2,1-2H3. The third kappa shape index (κ3) is 2.43. The second kappa shape index (κ2) is 5.05. The monoisotopic (exact) mass is 240 g/mol. The summed E-state index contributed by atoms with van der Waals surface area (Å²) in [6.07, 6.45) is 0.489. The van der Waals surface area contributed by atoms with Crippen molar-refractivity contribution in [1.29, 1.82) is 0 Å². The molecule has 2 rings (SSSR count). The van der Waals surface area contributed by atoms with E-state index in [1.165, 1.54) is 0 Å². The van der Waals surface area contributed by atoms with Crippen molar-refractivity contribution in [3.63, 3.8) is 0 Å². The van der Waals surface area contributed by atoms with Crippen LogP contribution in [-0.4, -0.2) is 10.9 Å². The van der Waals surface area contributed by atoms with Gasteiger partial charge in [-0.15, -0.1) is 0 Å². The number of ketones is 1. The molecule has 0 spiro atoms. The van der Waals surface area contributed by atoms with E-state index in [-0.39, 0.29) is 11.5 Å². The number of benzene rings is 2. The number of aryl methyl sites for hydroxylation is 1. The van der Waals surface area contributed by atoms with Gasteiger partial charge in [-0.05, 0) is 30.7 Å². The normalized spacial score (nSPS) is 10.3. The molecule has 92 valence electrons. The Balaban J connectivity index is 2.51. The second-order valence-electron chi connectivity index (χ2n) is 4.38. The molecule has 0 amide bonds. The van der Waals surface area contributed by atoms with Crippen LogP contribution < -0.4 is 0 Å². The first-order chi connectivity index (χ1) is 8.61. The fraction of sp³-hybridized carbons (Fsp3) is 0.188. The maximum Gasteiger partial charge on any atom is 0.162 e. The maximum absolute atomic E-state index is 11.7. The fourth-order valence-electron chi connectivity index (χ4n) is 1.95. The molecular formula is C16H16O2. The van der Waals surface area contributed by atoms with E-state index in [0.29, 0.717) is 12.0 Å². The number of hydrogen-bond acceptors (Lipinski definition) is 2. The minimum absolute atomic E-state index is 0.115. The first-order valence-corrected chi connectivity index (χ1v) is 6.05. The van der Waals surface area contributed by atoms with Crippen LogP contribution in [0.15, 0.2) is 42.5 Å². The van der Waals surface area contributed by atoms with Crippen molar-refractivity contribution in [1.82, 2.24) is 0 Å². The van der Waals surface area contributed by atoms with Gasteiger partial charge in [-0.1, -0.05) is 36.8 Å². The molecule has 0 saturated carbocycles. The zero-order valence-electron chi connectivity index (χ0n) is 10.6. The zero-order chi connectivity index (χ0) is 13.1. The van der Waals surface area contributed by atoms with E-state index in [4.69, 9.17) is 0 Å². The molecule has 0 aliphatic rings. The molecule has 2 aromatic rings. The number of phenolic OH excluding ortho intramolecular Hbond substituents is 1. The average molecular weight is 240 g/mol. The maximum atomic E-state index is 11.7. The van der Waals surface area contributed by atoms with Crippen LogP contribution in [0.4, 0.5) is 0 Å². The van der Waals surface area contributed by atoms with Crippen LogP contribution >= 0.6 is 0 Å². The van der Waals surface area contributed by atoms with Crippen molar-refractivity contribution in [2.75, 3.05) is 0 Å². The second-order valence-corrected chi connectivity index (χ2v) is 4.38. The molecule has 0 aromatic heterocycles. The van der Waals surface area contributed by atoms with Gasteiger partial charge < -0.3 is 5.11 Å². The lowest BCUT2D eigenvalue weighted by molar-refractivity contribution is 0.0988. The van der Waals surface area contributed by atoms with E-state index in [1.807, 2.05) is 50.2 Å². The lowest BCUT2D eigenvalue weighted by atomic mass is 9.98. The van der Waals surface area contributed by atoms with Gasteiger partial charge in [0.05, 0.1) is 0 Å². The first-order valence-electron chi connectivity index (χ1n) is 6.05. The summed E-state index contributed by atoms with van der Waals surface area (Å²) in [4.78, 5) is 11.7. The Bertz CT molecular complexity index is 585. The van der Waals surface area contributed by atoms with Crippen molar-refractivity contribution >= 4 is 5.78 Å². The van der Waals surface area contributed by atoms with E-state index in [2.05, 4.69) is 0 Å². The third-order valence-electron chi connectivity index (χ3n) is 2.97. The predicted molar refractivity (Wildman–Crippen MR) is 72.9 cm³/mol. The number of phenols is 1. The summed E-state index contributed by atoms with van der Waals surface area (Å²) in [5.74, 6) is 0.352. The molecule has 2 heteroatoms. The first kappa shape index (κ1) is 12.4. The van der Waals surface area contributed by atoms with Crippen molar-refractivity contribution in [2.45, 2.75) is 20.3 Å². The van der Waals surface area contributed by atoms with Crippen LogP contribution in [0.1, 0.15) is 29.3 Å². The number of hydrogen-bond donors (Lipinski definition) is 1. The van der Waals surface area contributed by atoms with Crippen LogP contribution in [0.5, 0.6) is 5.75 Å². The molecule has 0 aliphatic carbocycles. The minimum atomic E-state index is 0.115. The quantitative estimate of drug-likeness (QED) is 0.824. The van der Waals surface area contributed by atoms with Crippen molar-refractivity contribution in [3.05, 3.63) is 53.6 Å². The Morgan fingerprint density at radius 2 is 1.94 bits per heavy atom. The van der Waals surface area contributed by atoms with Crippen LogP contribution in [-0.2, 0) is 0 Å². The SMILES string of the molecule is CCC(=O)c1cccc(-c2cc(C)ccc2O)c1. The van der Waals surface area contributed by atoms with E-state index in [0.717, 1.165) is 16.7 Å². The Morgan fingerprint density at radius 1 is 1.17 bits per heavy atom. The molecule has 0 saturated heterocycles. The van der Waals surface area contributed by atoms with E-state index < -0.39 is 0 Å². The topological polar surface area (TPSA) is 37.3 Å². The number of carbonyl (C=O) groups is 1. The highest BCUT2D eigenvalue weighted by atomic mass is 16.3. The predicted octanol–water partition coefficient (Wildman–Crippen LogP) is 3.96. The summed E-state index contributed by atoms with van der Waals surface area (Å²) in [5, 5.41) is 9.89. The summed E-state index contributed by atoms with van der Waals surface area (Å²) >= 11 is 0. The van der Waals surface area contributed by atoms with Gasteiger partial charge in [0.2, 0.25) is 0 Å². The lowest BCUT2D eigenvalue weighted by Gasteiger charge is -2.07. The van der Waals surface area contributed by atoms with Gasteiger partial charge in [-0.3, -0.25) is 4.79 Å². The molecule has 1 N–H and O–H groups in total. The van der Waals surface area contributed by atoms with Gasteiger partial charge >= 0.3 is 0 Å². The van der Waals surface area contributed by atoms with Gasteiger partial charge in [0.25, 0.3) is 0 Å². The summed E-state index contributed by atoms with van der Waals surface area (Å²) < 4.78 is 0. The van der Waals surface area contributed by atoms with E-state index in [9.17, 15) is 9.90 Å². The van der Waals surface area contributed by atoms with E-state index >= 15 is 0 Å². The highest BCUT2D eigenvalue weighted by molar-refractivity contribution is 5.97. The summed E-state index contributed by atoms with van der Waals surface area (Å²) in [5.41, 5.74) is 3.40. The van der Waals surface area contributed by atoms with Gasteiger partial charge in [-0.2, -0.15) is 0 Å². The van der Waals surface area contributed by atoms with Gasteiger partial charge in [-0.25, -0.2) is 0 Å². The van der Waals surface area contributed by atoms with Gasteiger partial charge in [0, 0.05) is 17.5 Å². The van der Waals surface area contributed by atoms with Gasteiger partial charge in [0.15, 0.2) is 5.78 Å². The number of carbonyl (C=O) groups excluding carboxylic acids is 1. The van der Waals surface area contributed by atoms with Gasteiger partial charge in [0.1, 0.15) is 5.75 Å². The smallest absolute Gasteiger partial charge is 0.162 e. The molecule has 0 radical (unpaired) electrons. The molecule has 2 aromatic carbocycles. The number of Topliss-reactive ketones (excluding diaryl/α,β-unsaturated/α-hetero) is 1. The molecule has 2 nitrogen and oxygen atoms in total. The average Bonchev–Trinajstić information content (AvgIpc) is 2.40. The van der Waals surface area contributed by atoms with Crippen LogP contribution in [0.3, 0.4) is 0 Å². The fourth-order valence-corrected chi connectivity index (χ4v) is 1.95. The Hall–Kier alpha value is -2.09. The molecule has 0 aliphatic heterocycles. The summed E-state index contributed by atoms with van der Waals surface area (Å²) in [6, 6.07) is 12.9. The lowest BCUT2D eigenvalue weighted by Crippen LogP contribution is -1.96. The van der Waals surface area contributed by atoms with Crippen molar-refractivity contribution in [2.24, 2.45) is 0 Å². The van der Waals surface area contributed by atoms with E-state index in [1.54, 1.807) is 6.07 Å². The Kier molecular flexibility index (Phi) is 3.47. The molecule has 18 heavy (non-hydrogen) atoms. The largest absolute Gasteiger partial charge is 0.507 e. The highest BCUT2D eigenvalue weighted by Gasteiger charge is 2.08. The summed E-state index contributed by atoms with van der Waals surface area (Å²) in [6.45, 7) is 3.82. The molecular weight excluding hydrogens is 224 g/mol. The molecule has 0 bridgehead atoms. The number of aromatic hydroxyl groups is 1. The molecule has 0 unspecified atom stereocenters. The summed E-state index contributed by atoms with van der Waals surface area (Å²) in [7, 11) is 0. The highest BCUT2D eigenvalue weighted by Crippen LogP contribution is 2.30. The van der Waals surface area contributed by atoms with Crippen molar-refractivity contribution in [3.8, 4) is 16.9 Å². The van der Waals surface area contributed by atoms with Crippen LogP contribution in [0.25, 0.3) is 11.1 Å². The van der Waals surface area contributed by atoms with Crippen LogP contribution in [0, 0.1) is 6.92 Å². The molecule has 0 heterocycles. The minimum Gasteiger partial charge on any atom is -0.507 e. The zero-order valence-corrected chi connectivity index (χ0v) is 10.6. The van der Waals surface area contributed by atoms with Crippen LogP contribution in [0.2, 0.25) is 0 Å². The van der Waals surface area contributed by atoms with Crippen molar-refractivity contribution < 1.29 is 9.90 Å². The molecule has 0 fully saturated rings.